The van der Waals surface area contributed by atoms with Crippen LogP contribution in [0.4, 0.5) is 0 Å². The number of rotatable bonds is 10. The molecular formula is C18H28O. The number of hydrogen-bond donors (Lipinski definition) is 0. The van der Waals surface area contributed by atoms with Crippen molar-refractivity contribution < 1.29 is 4.74 Å². The fourth-order valence-corrected chi connectivity index (χ4v) is 2.09. The monoisotopic (exact) mass is 260 g/mol. The maximum Gasteiger partial charge on any atom is 0.126 e. The number of ether oxygens (including phenoxy) is 1. The SMILES string of the molecule is CCCCCCCCCC(C)=COc1ccccc1. The Bertz CT molecular complexity index is 340. The lowest BCUT2D eigenvalue weighted by atomic mass is 10.1. The Hall–Kier alpha value is -1.24. The molecule has 0 saturated heterocycles. The summed E-state index contributed by atoms with van der Waals surface area (Å²) in [7, 11) is 0. The van der Waals surface area contributed by atoms with Crippen LogP contribution in [0.1, 0.15) is 65.2 Å². The molecule has 0 bridgehead atoms. The molecule has 0 atom stereocenters. The van der Waals surface area contributed by atoms with Crippen LogP contribution >= 0.6 is 0 Å². The van der Waals surface area contributed by atoms with E-state index >= 15 is 0 Å². The predicted octanol–water partition coefficient (Wildman–Crippen LogP) is 6.11. The van der Waals surface area contributed by atoms with E-state index in [1.165, 1.54) is 50.5 Å². The molecule has 0 unspecified atom stereocenters. The molecule has 0 aromatic heterocycles. The van der Waals surface area contributed by atoms with Gasteiger partial charge in [-0.15, -0.1) is 0 Å². The van der Waals surface area contributed by atoms with Gasteiger partial charge in [-0.05, 0) is 37.5 Å². The standard InChI is InChI=1S/C18H28O/c1-3-4-5-6-7-8-10-13-17(2)16-19-18-14-11-9-12-15-18/h9,11-12,14-16H,3-8,10,13H2,1-2H3. The second-order valence-corrected chi connectivity index (χ2v) is 5.27. The minimum Gasteiger partial charge on any atom is -0.465 e. The van der Waals surface area contributed by atoms with E-state index in [2.05, 4.69) is 13.8 Å². The van der Waals surface area contributed by atoms with E-state index in [1.54, 1.807) is 0 Å². The Balaban J connectivity index is 2.05. The molecule has 1 aromatic rings. The van der Waals surface area contributed by atoms with Crippen molar-refractivity contribution in [1.82, 2.24) is 0 Å². The molecule has 19 heavy (non-hydrogen) atoms. The number of unbranched alkanes of at least 4 members (excludes halogenated alkanes) is 6. The molecule has 0 radical (unpaired) electrons. The molecule has 0 aliphatic rings. The second-order valence-electron chi connectivity index (χ2n) is 5.27. The zero-order valence-electron chi connectivity index (χ0n) is 12.5. The lowest BCUT2D eigenvalue weighted by molar-refractivity contribution is 0.471. The van der Waals surface area contributed by atoms with Crippen LogP contribution < -0.4 is 4.74 Å². The number of allylic oxidation sites excluding steroid dienone is 1. The van der Waals surface area contributed by atoms with Crippen molar-refractivity contribution in [3.8, 4) is 5.75 Å². The van der Waals surface area contributed by atoms with Gasteiger partial charge in [-0.3, -0.25) is 0 Å². The van der Waals surface area contributed by atoms with E-state index in [0.29, 0.717) is 0 Å². The molecule has 1 nitrogen and oxygen atoms in total. The summed E-state index contributed by atoms with van der Waals surface area (Å²) in [6, 6.07) is 9.96. The average molecular weight is 260 g/mol. The maximum absolute atomic E-state index is 5.62. The molecular weight excluding hydrogens is 232 g/mol. The smallest absolute Gasteiger partial charge is 0.126 e. The molecule has 1 rings (SSSR count). The molecule has 0 aliphatic heterocycles. The predicted molar refractivity (Wildman–Crippen MR) is 83.4 cm³/mol. The highest BCUT2D eigenvalue weighted by Gasteiger charge is 1.94. The summed E-state index contributed by atoms with van der Waals surface area (Å²) in [5, 5.41) is 0. The van der Waals surface area contributed by atoms with Crippen molar-refractivity contribution in [3.05, 3.63) is 42.2 Å². The molecule has 1 aromatic carbocycles. The molecule has 1 heteroatoms. The number of hydrogen-bond acceptors (Lipinski definition) is 1. The van der Waals surface area contributed by atoms with Crippen molar-refractivity contribution >= 4 is 0 Å². The molecule has 0 aliphatic carbocycles. The fourth-order valence-electron chi connectivity index (χ4n) is 2.09. The van der Waals surface area contributed by atoms with Crippen LogP contribution in [0.5, 0.6) is 5.75 Å². The molecule has 0 fully saturated rings. The van der Waals surface area contributed by atoms with Crippen LogP contribution in [0.2, 0.25) is 0 Å². The minimum atomic E-state index is 0.918. The van der Waals surface area contributed by atoms with Crippen molar-refractivity contribution in [2.75, 3.05) is 0 Å². The zero-order valence-corrected chi connectivity index (χ0v) is 12.5. The lowest BCUT2D eigenvalue weighted by Gasteiger charge is -2.04. The van der Waals surface area contributed by atoms with Gasteiger partial charge in [-0.2, -0.15) is 0 Å². The Morgan fingerprint density at radius 2 is 1.58 bits per heavy atom. The van der Waals surface area contributed by atoms with Gasteiger partial charge >= 0.3 is 0 Å². The Labute approximate surface area is 118 Å². The van der Waals surface area contributed by atoms with E-state index < -0.39 is 0 Å². The summed E-state index contributed by atoms with van der Waals surface area (Å²) in [6.07, 6.45) is 12.6. The highest BCUT2D eigenvalue weighted by atomic mass is 16.5. The third-order valence-electron chi connectivity index (χ3n) is 3.31. The number of benzene rings is 1. The van der Waals surface area contributed by atoms with E-state index in [0.717, 1.165) is 12.2 Å². The van der Waals surface area contributed by atoms with E-state index in [9.17, 15) is 0 Å². The van der Waals surface area contributed by atoms with Gasteiger partial charge in [-0.1, -0.05) is 63.6 Å². The lowest BCUT2D eigenvalue weighted by Crippen LogP contribution is -1.87. The van der Waals surface area contributed by atoms with Gasteiger partial charge in [0.15, 0.2) is 0 Å². The first-order valence-electron chi connectivity index (χ1n) is 7.70. The fraction of sp³-hybridized carbons (Fsp3) is 0.556. The Morgan fingerprint density at radius 1 is 0.947 bits per heavy atom. The van der Waals surface area contributed by atoms with Crippen LogP contribution in [-0.2, 0) is 0 Å². The zero-order chi connectivity index (χ0) is 13.8. The van der Waals surface area contributed by atoms with Crippen LogP contribution in [0.3, 0.4) is 0 Å². The second kappa shape index (κ2) is 10.7. The molecule has 106 valence electrons. The number of para-hydroxylation sites is 1. The van der Waals surface area contributed by atoms with Gasteiger partial charge in [0.25, 0.3) is 0 Å². The summed E-state index contributed by atoms with van der Waals surface area (Å²) < 4.78 is 5.62. The van der Waals surface area contributed by atoms with Crippen LogP contribution in [0, 0.1) is 0 Å². The van der Waals surface area contributed by atoms with Crippen LogP contribution in [-0.4, -0.2) is 0 Å². The molecule has 0 N–H and O–H groups in total. The topological polar surface area (TPSA) is 9.23 Å². The van der Waals surface area contributed by atoms with Gasteiger partial charge in [-0.25, -0.2) is 0 Å². The highest BCUT2D eigenvalue weighted by molar-refractivity contribution is 5.22. The molecule has 0 amide bonds. The largest absolute Gasteiger partial charge is 0.465 e. The van der Waals surface area contributed by atoms with Crippen molar-refractivity contribution in [3.63, 3.8) is 0 Å². The molecule has 0 heterocycles. The first-order valence-corrected chi connectivity index (χ1v) is 7.70. The van der Waals surface area contributed by atoms with Gasteiger partial charge in [0.05, 0.1) is 6.26 Å². The van der Waals surface area contributed by atoms with Crippen molar-refractivity contribution in [2.45, 2.75) is 65.2 Å². The Morgan fingerprint density at radius 3 is 2.26 bits per heavy atom. The molecule has 0 spiro atoms. The average Bonchev–Trinajstić information content (AvgIpc) is 2.45. The van der Waals surface area contributed by atoms with Gasteiger partial charge in [0.2, 0.25) is 0 Å². The summed E-state index contributed by atoms with van der Waals surface area (Å²) in [5.41, 5.74) is 1.33. The van der Waals surface area contributed by atoms with Crippen LogP contribution in [0.15, 0.2) is 42.2 Å². The summed E-state index contributed by atoms with van der Waals surface area (Å²) in [4.78, 5) is 0. The summed E-state index contributed by atoms with van der Waals surface area (Å²) in [6.45, 7) is 4.42. The van der Waals surface area contributed by atoms with E-state index in [1.807, 2.05) is 36.6 Å². The van der Waals surface area contributed by atoms with Gasteiger partial charge < -0.3 is 4.74 Å². The van der Waals surface area contributed by atoms with Crippen LogP contribution in [0.25, 0.3) is 0 Å². The third kappa shape index (κ3) is 8.47. The quantitative estimate of drug-likeness (QED) is 0.364. The first kappa shape index (κ1) is 15.8. The van der Waals surface area contributed by atoms with E-state index in [-0.39, 0.29) is 0 Å². The van der Waals surface area contributed by atoms with E-state index in [4.69, 9.17) is 4.74 Å². The minimum absolute atomic E-state index is 0.918. The van der Waals surface area contributed by atoms with Gasteiger partial charge in [0, 0.05) is 0 Å². The normalized spacial score (nSPS) is 11.6. The van der Waals surface area contributed by atoms with Crippen molar-refractivity contribution in [2.24, 2.45) is 0 Å². The third-order valence-corrected chi connectivity index (χ3v) is 3.31. The van der Waals surface area contributed by atoms with Gasteiger partial charge in [0.1, 0.15) is 5.75 Å². The summed E-state index contributed by atoms with van der Waals surface area (Å²) in [5.74, 6) is 0.918. The molecule has 0 saturated carbocycles. The highest BCUT2D eigenvalue weighted by Crippen LogP contribution is 2.14. The summed E-state index contributed by atoms with van der Waals surface area (Å²) >= 11 is 0. The van der Waals surface area contributed by atoms with Crippen molar-refractivity contribution in [1.29, 1.82) is 0 Å². The Kier molecular flexibility index (Phi) is 8.87. The first-order chi connectivity index (χ1) is 9.33. The maximum atomic E-state index is 5.62.